The number of ether oxygens (including phenoxy) is 2. The lowest BCUT2D eigenvalue weighted by molar-refractivity contribution is 0.282. The predicted octanol–water partition coefficient (Wildman–Crippen LogP) is 2.53. The molecule has 138 valence electrons. The van der Waals surface area contributed by atoms with Crippen LogP contribution in [0.15, 0.2) is 47.8 Å². The minimum absolute atomic E-state index is 0.296. The number of fused-ring (bicyclic) bond motifs is 1. The molecular formula is C21H20FN3O2. The van der Waals surface area contributed by atoms with Crippen LogP contribution in [0.5, 0.6) is 11.5 Å². The monoisotopic (exact) mass is 365 g/mol. The van der Waals surface area contributed by atoms with Gasteiger partial charge in [-0.1, -0.05) is 12.1 Å². The minimum atomic E-state index is -0.320. The number of methoxy groups -OCH3 is 1. The van der Waals surface area contributed by atoms with E-state index in [1.54, 1.807) is 25.6 Å². The topological polar surface area (TPSA) is 59.5 Å². The van der Waals surface area contributed by atoms with Gasteiger partial charge in [0.1, 0.15) is 17.9 Å². The van der Waals surface area contributed by atoms with Gasteiger partial charge in [0.2, 0.25) is 0 Å². The predicted molar refractivity (Wildman–Crippen MR) is 99.8 cm³/mol. The Hall–Kier alpha value is -3.15. The Morgan fingerprint density at radius 1 is 1.22 bits per heavy atom. The Labute approximate surface area is 156 Å². The van der Waals surface area contributed by atoms with Crippen molar-refractivity contribution in [3.05, 3.63) is 76.1 Å². The van der Waals surface area contributed by atoms with Crippen molar-refractivity contribution in [1.82, 2.24) is 9.97 Å². The molecule has 27 heavy (non-hydrogen) atoms. The van der Waals surface area contributed by atoms with Crippen LogP contribution in [-0.4, -0.2) is 23.6 Å². The lowest BCUT2D eigenvalue weighted by Crippen LogP contribution is -2.28. The third-order valence-corrected chi connectivity index (χ3v) is 4.56. The fraction of sp³-hybridized carbons (Fsp3) is 0.238. The normalized spacial score (nSPS) is 12.7. The molecule has 0 amide bonds. The third kappa shape index (κ3) is 3.69. The van der Waals surface area contributed by atoms with Gasteiger partial charge in [-0.2, -0.15) is 0 Å². The van der Waals surface area contributed by atoms with E-state index in [9.17, 15) is 4.39 Å². The van der Waals surface area contributed by atoms with Crippen molar-refractivity contribution in [1.29, 1.82) is 0 Å². The molecule has 1 aromatic carbocycles. The summed E-state index contributed by atoms with van der Waals surface area (Å²) in [7, 11) is 1.55. The highest BCUT2D eigenvalue weighted by Gasteiger charge is 2.14. The molecule has 0 saturated heterocycles. The van der Waals surface area contributed by atoms with E-state index in [1.165, 1.54) is 6.07 Å². The molecule has 0 aliphatic carbocycles. The Morgan fingerprint density at radius 2 is 2.15 bits per heavy atom. The second-order valence-corrected chi connectivity index (χ2v) is 6.37. The highest BCUT2D eigenvalue weighted by molar-refractivity contribution is 5.45. The zero-order valence-corrected chi connectivity index (χ0v) is 15.0. The minimum Gasteiger partial charge on any atom is -0.493 e. The van der Waals surface area contributed by atoms with Crippen LogP contribution in [0.2, 0.25) is 0 Å². The van der Waals surface area contributed by atoms with Crippen LogP contribution >= 0.6 is 0 Å². The maximum atomic E-state index is 14.7. The number of nitrogens with zero attached hydrogens (tertiary/aromatic N) is 2. The van der Waals surface area contributed by atoms with Crippen LogP contribution in [0, 0.1) is 5.82 Å². The molecule has 0 spiro atoms. The molecule has 3 heterocycles. The van der Waals surface area contributed by atoms with E-state index < -0.39 is 0 Å². The molecule has 4 rings (SSSR count). The number of nitrogens with one attached hydrogen (secondary N) is 1. The van der Waals surface area contributed by atoms with Crippen LogP contribution in [-0.2, 0) is 13.0 Å². The Balaban J connectivity index is 1.59. The van der Waals surface area contributed by atoms with E-state index in [1.807, 2.05) is 18.3 Å². The summed E-state index contributed by atoms with van der Waals surface area (Å²) < 4.78 is 25.9. The van der Waals surface area contributed by atoms with Gasteiger partial charge in [-0.3, -0.25) is 9.98 Å². The van der Waals surface area contributed by atoms with Crippen LogP contribution in [0.1, 0.15) is 23.1 Å². The molecule has 3 aromatic rings. The van der Waals surface area contributed by atoms with Crippen molar-refractivity contribution in [2.24, 2.45) is 4.99 Å². The second-order valence-electron chi connectivity index (χ2n) is 6.37. The molecule has 0 bridgehead atoms. The van der Waals surface area contributed by atoms with Crippen molar-refractivity contribution in [2.45, 2.75) is 19.4 Å². The lowest BCUT2D eigenvalue weighted by atomic mass is 10.0. The number of pyridine rings is 1. The average Bonchev–Trinajstić information content (AvgIpc) is 3.12. The molecule has 0 fully saturated rings. The molecule has 5 nitrogen and oxygen atoms in total. The smallest absolute Gasteiger partial charge is 0.164 e. The zero-order chi connectivity index (χ0) is 18.6. The van der Waals surface area contributed by atoms with Gasteiger partial charge in [0, 0.05) is 48.4 Å². The first kappa shape index (κ1) is 17.3. The van der Waals surface area contributed by atoms with Crippen molar-refractivity contribution in [2.75, 3.05) is 13.7 Å². The number of benzene rings is 1. The third-order valence-electron chi connectivity index (χ3n) is 4.56. The molecule has 2 aromatic heterocycles. The maximum Gasteiger partial charge on any atom is 0.164 e. The van der Waals surface area contributed by atoms with Gasteiger partial charge in [0.25, 0.3) is 0 Å². The van der Waals surface area contributed by atoms with Gasteiger partial charge in [-0.15, -0.1) is 0 Å². The van der Waals surface area contributed by atoms with Gasteiger partial charge in [-0.05, 0) is 29.7 Å². The summed E-state index contributed by atoms with van der Waals surface area (Å²) in [6, 6.07) is 6.83. The van der Waals surface area contributed by atoms with Crippen LogP contribution in [0.3, 0.4) is 0 Å². The van der Waals surface area contributed by atoms with Crippen LogP contribution < -0.4 is 20.2 Å². The molecule has 0 radical (unpaired) electrons. The van der Waals surface area contributed by atoms with Gasteiger partial charge in [-0.25, -0.2) is 4.39 Å². The number of halogens is 1. The quantitative estimate of drug-likeness (QED) is 0.730. The number of hydrogen-bond acceptors (Lipinski definition) is 4. The Bertz CT molecular complexity index is 1060. The lowest BCUT2D eigenvalue weighted by Gasteiger charge is -2.13. The van der Waals surface area contributed by atoms with Crippen LogP contribution in [0.4, 0.5) is 4.39 Å². The fourth-order valence-electron chi connectivity index (χ4n) is 3.19. The summed E-state index contributed by atoms with van der Waals surface area (Å²) >= 11 is 0. The van der Waals surface area contributed by atoms with E-state index in [-0.39, 0.29) is 5.82 Å². The first-order chi connectivity index (χ1) is 13.2. The summed E-state index contributed by atoms with van der Waals surface area (Å²) in [5.74, 6) is 0.563. The van der Waals surface area contributed by atoms with E-state index >= 15 is 0 Å². The Morgan fingerprint density at radius 3 is 2.96 bits per heavy atom. The largest absolute Gasteiger partial charge is 0.493 e. The van der Waals surface area contributed by atoms with Crippen molar-refractivity contribution >= 4 is 6.08 Å². The van der Waals surface area contributed by atoms with E-state index in [0.29, 0.717) is 30.1 Å². The fourth-order valence-corrected chi connectivity index (χ4v) is 3.19. The van der Waals surface area contributed by atoms with E-state index in [2.05, 4.69) is 21.0 Å². The number of aromatic nitrogens is 2. The number of rotatable bonds is 6. The summed E-state index contributed by atoms with van der Waals surface area (Å²) in [6.45, 7) is 1.09. The van der Waals surface area contributed by atoms with Gasteiger partial charge < -0.3 is 14.5 Å². The molecule has 0 unspecified atom stereocenters. The SMILES string of the molecule is COc1cc(Cc2c[nH]c3c2=CCCN=3)c(F)cc1OCc1cccnc1. The molecule has 1 N–H and O–H groups in total. The van der Waals surface area contributed by atoms with Crippen molar-refractivity contribution in [3.63, 3.8) is 0 Å². The van der Waals surface area contributed by atoms with E-state index in [4.69, 9.17) is 9.47 Å². The van der Waals surface area contributed by atoms with E-state index in [0.717, 1.165) is 34.8 Å². The standard InChI is InChI=1S/C21H20FN3O2/c1-26-19-9-15(8-16-12-25-21-17(16)5-3-7-24-21)18(22)10-20(19)27-13-14-4-2-6-23-11-14/h2,4-6,9-12H,3,7-8,13H2,1H3,(H,24,25). The maximum absolute atomic E-state index is 14.7. The zero-order valence-electron chi connectivity index (χ0n) is 15.0. The van der Waals surface area contributed by atoms with Crippen molar-refractivity contribution < 1.29 is 13.9 Å². The molecular weight excluding hydrogens is 345 g/mol. The molecule has 0 atom stereocenters. The molecule has 1 aliphatic rings. The Kier molecular flexibility index (Phi) is 4.87. The van der Waals surface area contributed by atoms with Crippen molar-refractivity contribution in [3.8, 4) is 11.5 Å². The summed E-state index contributed by atoms with van der Waals surface area (Å²) in [5, 5.41) is 1.07. The molecule has 0 saturated carbocycles. The number of H-pyrrole nitrogens is 1. The second kappa shape index (κ2) is 7.61. The number of hydrogen-bond donors (Lipinski definition) is 1. The summed E-state index contributed by atoms with van der Waals surface area (Å²) in [6.07, 6.45) is 8.83. The van der Waals surface area contributed by atoms with Gasteiger partial charge in [0.05, 0.1) is 7.11 Å². The molecule has 6 heteroatoms. The first-order valence-corrected chi connectivity index (χ1v) is 8.83. The van der Waals surface area contributed by atoms with Gasteiger partial charge in [0.15, 0.2) is 11.5 Å². The number of aromatic amines is 1. The highest BCUT2D eigenvalue weighted by Crippen LogP contribution is 2.31. The summed E-state index contributed by atoms with van der Waals surface area (Å²) in [4.78, 5) is 11.7. The van der Waals surface area contributed by atoms with Gasteiger partial charge >= 0.3 is 0 Å². The van der Waals surface area contributed by atoms with Crippen LogP contribution in [0.25, 0.3) is 6.08 Å². The average molecular weight is 365 g/mol. The molecule has 1 aliphatic heterocycles. The first-order valence-electron chi connectivity index (χ1n) is 8.83. The highest BCUT2D eigenvalue weighted by atomic mass is 19.1. The summed E-state index contributed by atoms with van der Waals surface area (Å²) in [5.41, 5.74) is 3.36.